The average molecular weight is 502 g/mol. The third-order valence-corrected chi connectivity index (χ3v) is 5.12. The topological polar surface area (TPSA) is 27.7 Å². The number of rotatable bonds is 12. The number of alkyl halides is 1. The lowest BCUT2D eigenvalue weighted by Gasteiger charge is -2.36. The van der Waals surface area contributed by atoms with Crippen LogP contribution in [0.25, 0.3) is 0 Å². The zero-order chi connectivity index (χ0) is 20.2. The van der Waals surface area contributed by atoms with Crippen molar-refractivity contribution in [3.63, 3.8) is 0 Å². The maximum atomic E-state index is 6.65. The largest absolute Gasteiger partial charge is 0.378 e. The van der Waals surface area contributed by atoms with Crippen LogP contribution in [0, 0.1) is 0 Å². The third kappa shape index (κ3) is 5.89. The minimum Gasteiger partial charge on any atom is -0.378 e. The van der Waals surface area contributed by atoms with Gasteiger partial charge in [-0.05, 0) is 16.7 Å². The summed E-state index contributed by atoms with van der Waals surface area (Å²) in [6, 6.07) is 31.2. The summed E-state index contributed by atoms with van der Waals surface area (Å²) in [5.74, 6) is 0. The molecule has 152 valence electrons. The monoisotopic (exact) mass is 502 g/mol. The maximum Gasteiger partial charge on any atom is 0.143 e. The molecule has 0 N–H and O–H groups in total. The fourth-order valence-corrected chi connectivity index (χ4v) is 3.71. The lowest BCUT2D eigenvalue weighted by atomic mass is 9.80. The Morgan fingerprint density at radius 2 is 0.897 bits per heavy atom. The smallest absolute Gasteiger partial charge is 0.143 e. The van der Waals surface area contributed by atoms with Crippen LogP contribution in [0.2, 0.25) is 0 Å². The van der Waals surface area contributed by atoms with Crippen molar-refractivity contribution < 1.29 is 14.2 Å². The summed E-state index contributed by atoms with van der Waals surface area (Å²) in [4.78, 5) is 0. The van der Waals surface area contributed by atoms with E-state index in [1.807, 2.05) is 18.2 Å². The molecule has 4 heteroatoms. The molecular formula is C25H27IO3. The molecule has 3 rings (SSSR count). The van der Waals surface area contributed by atoms with Crippen LogP contribution in [0.3, 0.4) is 0 Å². The van der Waals surface area contributed by atoms with Crippen molar-refractivity contribution in [2.75, 3.05) is 37.5 Å². The van der Waals surface area contributed by atoms with Crippen LogP contribution >= 0.6 is 22.6 Å². The molecule has 3 aromatic rings. The highest BCUT2D eigenvalue weighted by Gasteiger charge is 2.37. The Balaban J connectivity index is 1.83. The van der Waals surface area contributed by atoms with Gasteiger partial charge in [0.05, 0.1) is 33.0 Å². The van der Waals surface area contributed by atoms with E-state index in [2.05, 4.69) is 95.4 Å². The van der Waals surface area contributed by atoms with Gasteiger partial charge in [0, 0.05) is 4.43 Å². The van der Waals surface area contributed by atoms with Crippen molar-refractivity contribution in [3.05, 3.63) is 108 Å². The molecule has 0 aliphatic rings. The highest BCUT2D eigenvalue weighted by atomic mass is 127. The standard InChI is InChI=1S/C25H27IO3/c26-16-17-27-18-19-28-20-21-29-25(22-10-4-1-5-11-22,23-12-6-2-7-13-23)24-14-8-3-9-15-24/h1-15H,16-21H2. The van der Waals surface area contributed by atoms with Crippen molar-refractivity contribution in [1.29, 1.82) is 0 Å². The lowest BCUT2D eigenvalue weighted by Crippen LogP contribution is -2.34. The second-order valence-electron chi connectivity index (χ2n) is 6.54. The van der Waals surface area contributed by atoms with E-state index < -0.39 is 5.60 Å². The quantitative estimate of drug-likeness (QED) is 0.143. The first-order chi connectivity index (χ1) is 14.4. The number of hydrogen-bond acceptors (Lipinski definition) is 3. The Morgan fingerprint density at radius 3 is 1.31 bits per heavy atom. The maximum absolute atomic E-state index is 6.65. The van der Waals surface area contributed by atoms with E-state index in [1.165, 1.54) is 0 Å². The second-order valence-corrected chi connectivity index (χ2v) is 7.62. The molecule has 0 bridgehead atoms. The van der Waals surface area contributed by atoms with Gasteiger partial charge in [-0.2, -0.15) is 0 Å². The highest BCUT2D eigenvalue weighted by Crippen LogP contribution is 2.40. The molecule has 0 aromatic heterocycles. The van der Waals surface area contributed by atoms with Crippen LogP contribution in [0.5, 0.6) is 0 Å². The van der Waals surface area contributed by atoms with Crippen LogP contribution in [-0.4, -0.2) is 37.5 Å². The SMILES string of the molecule is ICCOCCOCCOC(c1ccccc1)(c1ccccc1)c1ccccc1. The van der Waals surface area contributed by atoms with Gasteiger partial charge in [0.15, 0.2) is 0 Å². The third-order valence-electron chi connectivity index (χ3n) is 4.68. The summed E-state index contributed by atoms with van der Waals surface area (Å²) in [6.07, 6.45) is 0. The van der Waals surface area contributed by atoms with E-state index in [0.29, 0.717) is 26.4 Å². The van der Waals surface area contributed by atoms with E-state index >= 15 is 0 Å². The highest BCUT2D eigenvalue weighted by molar-refractivity contribution is 14.1. The molecule has 0 unspecified atom stereocenters. The first-order valence-electron chi connectivity index (χ1n) is 9.90. The molecule has 0 atom stereocenters. The molecule has 3 nitrogen and oxygen atoms in total. The summed E-state index contributed by atoms with van der Waals surface area (Å²) >= 11 is 2.30. The number of ether oxygens (including phenoxy) is 3. The minimum atomic E-state index is -0.690. The van der Waals surface area contributed by atoms with Gasteiger partial charge in [0.2, 0.25) is 0 Å². The minimum absolute atomic E-state index is 0.477. The van der Waals surface area contributed by atoms with Gasteiger partial charge in [-0.3, -0.25) is 0 Å². The predicted octanol–water partition coefficient (Wildman–Crippen LogP) is 5.46. The van der Waals surface area contributed by atoms with Crippen molar-refractivity contribution >= 4 is 22.6 Å². The average Bonchev–Trinajstić information content (AvgIpc) is 2.80. The lowest BCUT2D eigenvalue weighted by molar-refractivity contribution is -0.0324. The Kier molecular flexibility index (Phi) is 9.15. The first-order valence-corrected chi connectivity index (χ1v) is 11.4. The summed E-state index contributed by atoms with van der Waals surface area (Å²) in [5, 5.41) is 0. The van der Waals surface area contributed by atoms with E-state index in [-0.39, 0.29) is 0 Å². The van der Waals surface area contributed by atoms with Crippen LogP contribution in [0.4, 0.5) is 0 Å². The zero-order valence-corrected chi connectivity index (χ0v) is 18.7. The molecule has 0 radical (unpaired) electrons. The van der Waals surface area contributed by atoms with Crippen LogP contribution in [0.15, 0.2) is 91.0 Å². The van der Waals surface area contributed by atoms with Crippen molar-refractivity contribution in [1.82, 2.24) is 0 Å². The van der Waals surface area contributed by atoms with E-state index in [9.17, 15) is 0 Å². The molecule has 3 aromatic carbocycles. The summed E-state index contributed by atoms with van der Waals surface area (Å²) in [6.45, 7) is 2.95. The Labute approximate surface area is 187 Å². The summed E-state index contributed by atoms with van der Waals surface area (Å²) in [7, 11) is 0. The van der Waals surface area contributed by atoms with Gasteiger partial charge in [0.1, 0.15) is 5.60 Å². The zero-order valence-electron chi connectivity index (χ0n) is 16.5. The fraction of sp³-hybridized carbons (Fsp3) is 0.280. The molecule has 0 fully saturated rings. The predicted molar refractivity (Wildman–Crippen MR) is 126 cm³/mol. The van der Waals surface area contributed by atoms with Gasteiger partial charge in [-0.25, -0.2) is 0 Å². The molecule has 0 amide bonds. The van der Waals surface area contributed by atoms with Crippen LogP contribution in [0.1, 0.15) is 16.7 Å². The van der Waals surface area contributed by atoms with Crippen molar-refractivity contribution in [2.45, 2.75) is 5.60 Å². The molecule has 0 aliphatic heterocycles. The molecule has 29 heavy (non-hydrogen) atoms. The molecule has 0 heterocycles. The van der Waals surface area contributed by atoms with Crippen molar-refractivity contribution in [2.24, 2.45) is 0 Å². The van der Waals surface area contributed by atoms with Crippen LogP contribution < -0.4 is 0 Å². The van der Waals surface area contributed by atoms with E-state index in [1.54, 1.807) is 0 Å². The fourth-order valence-electron chi connectivity index (χ4n) is 3.40. The van der Waals surface area contributed by atoms with Gasteiger partial charge < -0.3 is 14.2 Å². The first kappa shape index (κ1) is 22.0. The summed E-state index contributed by atoms with van der Waals surface area (Å²) in [5.41, 5.74) is 2.61. The summed E-state index contributed by atoms with van der Waals surface area (Å²) < 4.78 is 18.8. The van der Waals surface area contributed by atoms with E-state index in [0.717, 1.165) is 27.7 Å². The van der Waals surface area contributed by atoms with Crippen LogP contribution in [-0.2, 0) is 19.8 Å². The van der Waals surface area contributed by atoms with E-state index in [4.69, 9.17) is 14.2 Å². The molecule has 0 saturated carbocycles. The molecule has 0 spiro atoms. The Bertz CT molecular complexity index is 713. The van der Waals surface area contributed by atoms with Gasteiger partial charge in [-0.15, -0.1) is 0 Å². The molecular weight excluding hydrogens is 475 g/mol. The second kappa shape index (κ2) is 12.1. The molecule has 0 aliphatic carbocycles. The number of benzene rings is 3. The Hall–Kier alpha value is -1.73. The molecule has 0 saturated heterocycles. The van der Waals surface area contributed by atoms with Gasteiger partial charge in [0.25, 0.3) is 0 Å². The van der Waals surface area contributed by atoms with Gasteiger partial charge >= 0.3 is 0 Å². The number of hydrogen-bond donors (Lipinski definition) is 0. The number of halogens is 1. The normalized spacial score (nSPS) is 11.5. The van der Waals surface area contributed by atoms with Crippen molar-refractivity contribution in [3.8, 4) is 0 Å². The Morgan fingerprint density at radius 1 is 0.517 bits per heavy atom. The van der Waals surface area contributed by atoms with Gasteiger partial charge in [-0.1, -0.05) is 114 Å².